The number of thiophene rings is 1. The molecule has 0 aliphatic rings. The van der Waals surface area contributed by atoms with Crippen molar-refractivity contribution in [2.75, 3.05) is 27.4 Å². The Kier molecular flexibility index (Phi) is 7.39. The summed E-state index contributed by atoms with van der Waals surface area (Å²) >= 11 is 1.22. The zero-order valence-electron chi connectivity index (χ0n) is 16.6. The molecule has 0 saturated heterocycles. The van der Waals surface area contributed by atoms with Crippen molar-refractivity contribution in [3.63, 3.8) is 0 Å². The number of hydrogen-bond acceptors (Lipinski definition) is 8. The molecule has 1 heterocycles. The first kappa shape index (κ1) is 21.7. The van der Waals surface area contributed by atoms with Crippen LogP contribution in [0.5, 0.6) is 11.5 Å². The molecule has 7 nitrogen and oxygen atoms in total. The second-order valence-corrected chi connectivity index (χ2v) is 7.07. The summed E-state index contributed by atoms with van der Waals surface area (Å²) in [6.07, 6.45) is 0. The molecule has 0 N–H and O–H groups in total. The second-order valence-electron chi connectivity index (χ2n) is 5.99. The molecule has 0 fully saturated rings. The summed E-state index contributed by atoms with van der Waals surface area (Å²) in [4.78, 5) is 38.1. The van der Waals surface area contributed by atoms with Crippen LogP contribution >= 0.6 is 11.3 Å². The number of benzene rings is 1. The van der Waals surface area contributed by atoms with Gasteiger partial charge < -0.3 is 18.9 Å². The number of ketones is 1. The van der Waals surface area contributed by atoms with Crippen LogP contribution in [0, 0.1) is 11.8 Å². The van der Waals surface area contributed by atoms with Crippen LogP contribution in [-0.4, -0.2) is 45.2 Å². The first-order chi connectivity index (χ1) is 13.4. The highest BCUT2D eigenvalue weighted by atomic mass is 32.1. The van der Waals surface area contributed by atoms with E-state index in [1.54, 1.807) is 32.0 Å². The first-order valence-corrected chi connectivity index (χ1v) is 9.72. The fraction of sp³-hybridized carbons (Fsp3) is 0.450. The van der Waals surface area contributed by atoms with Crippen LogP contribution < -0.4 is 9.47 Å². The third-order valence-corrected chi connectivity index (χ3v) is 5.36. The summed E-state index contributed by atoms with van der Waals surface area (Å²) in [5.41, 5.74) is 0. The lowest BCUT2D eigenvalue weighted by molar-refractivity contribution is -0.157. The standard InChI is InChI=1S/C20H24O7S/c1-6-26-19(22)11(3)17(20(23)27-7-2)18(21)16-9-12-8-13(24-4)14(25-5)10-15(12)28-16/h8-11,17H,6-7H2,1-5H3/t11-,17?/m1/s1. The molecular formula is C20H24O7S. The van der Waals surface area contributed by atoms with Crippen LogP contribution in [0.3, 0.4) is 0 Å². The lowest BCUT2D eigenvalue weighted by Crippen LogP contribution is -2.36. The second kappa shape index (κ2) is 9.54. The number of esters is 2. The van der Waals surface area contributed by atoms with Crippen molar-refractivity contribution in [1.29, 1.82) is 0 Å². The Bertz CT molecular complexity index is 830. The Morgan fingerprint density at radius 2 is 1.50 bits per heavy atom. The van der Waals surface area contributed by atoms with Gasteiger partial charge in [-0.05, 0) is 31.4 Å². The number of fused-ring (bicyclic) bond motifs is 1. The smallest absolute Gasteiger partial charge is 0.317 e. The van der Waals surface area contributed by atoms with Gasteiger partial charge in [-0.2, -0.15) is 0 Å². The van der Waals surface area contributed by atoms with Crippen molar-refractivity contribution in [1.82, 2.24) is 0 Å². The van der Waals surface area contributed by atoms with Gasteiger partial charge in [0, 0.05) is 10.8 Å². The Morgan fingerprint density at radius 1 is 0.929 bits per heavy atom. The molecule has 2 rings (SSSR count). The summed E-state index contributed by atoms with van der Waals surface area (Å²) in [7, 11) is 3.06. The lowest BCUT2D eigenvalue weighted by atomic mass is 9.89. The van der Waals surface area contributed by atoms with E-state index in [0.29, 0.717) is 16.4 Å². The zero-order chi connectivity index (χ0) is 20.8. The van der Waals surface area contributed by atoms with Gasteiger partial charge in [-0.25, -0.2) is 0 Å². The fourth-order valence-electron chi connectivity index (χ4n) is 2.82. The van der Waals surface area contributed by atoms with Crippen LogP contribution in [0.25, 0.3) is 10.1 Å². The molecule has 0 spiro atoms. The van der Waals surface area contributed by atoms with E-state index in [0.717, 1.165) is 10.1 Å². The molecule has 2 atom stereocenters. The minimum Gasteiger partial charge on any atom is -0.493 e. The van der Waals surface area contributed by atoms with Gasteiger partial charge in [0.05, 0.1) is 38.2 Å². The summed E-state index contributed by atoms with van der Waals surface area (Å²) in [5.74, 6) is -2.97. The molecule has 0 bridgehead atoms. The number of methoxy groups -OCH3 is 2. The highest BCUT2D eigenvalue weighted by molar-refractivity contribution is 7.20. The Labute approximate surface area is 167 Å². The SMILES string of the molecule is CCOC(=O)C(C(=O)c1cc2cc(OC)c(OC)cc2s1)[C@@H](C)C(=O)OCC. The van der Waals surface area contributed by atoms with Crippen molar-refractivity contribution in [2.45, 2.75) is 20.8 Å². The van der Waals surface area contributed by atoms with Crippen molar-refractivity contribution in [3.8, 4) is 11.5 Å². The summed E-state index contributed by atoms with van der Waals surface area (Å²) in [6.45, 7) is 5.08. The molecule has 8 heteroatoms. The predicted octanol–water partition coefficient (Wildman–Crippen LogP) is 3.48. The third-order valence-electron chi connectivity index (χ3n) is 4.25. The van der Waals surface area contributed by atoms with E-state index in [2.05, 4.69) is 0 Å². The molecule has 0 radical (unpaired) electrons. The average Bonchev–Trinajstić information content (AvgIpc) is 3.10. The maximum absolute atomic E-state index is 13.1. The maximum Gasteiger partial charge on any atom is 0.317 e. The quantitative estimate of drug-likeness (QED) is 0.356. The van der Waals surface area contributed by atoms with Crippen molar-refractivity contribution >= 4 is 39.1 Å². The molecule has 1 unspecified atom stereocenters. The van der Waals surface area contributed by atoms with E-state index in [1.807, 2.05) is 0 Å². The fourth-order valence-corrected chi connectivity index (χ4v) is 3.87. The third kappa shape index (κ3) is 4.44. The largest absolute Gasteiger partial charge is 0.493 e. The topological polar surface area (TPSA) is 88.1 Å². The Balaban J connectivity index is 2.45. The number of carbonyl (C=O) groups excluding carboxylic acids is 3. The number of rotatable bonds is 9. The van der Waals surface area contributed by atoms with Gasteiger partial charge in [-0.3, -0.25) is 14.4 Å². The summed E-state index contributed by atoms with van der Waals surface area (Å²) in [6, 6.07) is 5.20. The van der Waals surface area contributed by atoms with Crippen molar-refractivity contribution in [2.24, 2.45) is 11.8 Å². The molecule has 0 aliphatic carbocycles. The van der Waals surface area contributed by atoms with Crippen molar-refractivity contribution < 1.29 is 33.3 Å². The van der Waals surface area contributed by atoms with Gasteiger partial charge in [0.1, 0.15) is 5.92 Å². The van der Waals surface area contributed by atoms with E-state index in [4.69, 9.17) is 18.9 Å². The molecule has 1 aromatic carbocycles. The number of ether oxygens (including phenoxy) is 4. The van der Waals surface area contributed by atoms with Crippen LogP contribution in [0.2, 0.25) is 0 Å². The molecule has 0 amide bonds. The van der Waals surface area contributed by atoms with E-state index in [1.165, 1.54) is 32.5 Å². The molecule has 0 saturated carbocycles. The van der Waals surface area contributed by atoms with E-state index >= 15 is 0 Å². The van der Waals surface area contributed by atoms with Gasteiger partial charge in [0.2, 0.25) is 0 Å². The highest BCUT2D eigenvalue weighted by Crippen LogP contribution is 2.37. The van der Waals surface area contributed by atoms with Crippen LogP contribution in [0.4, 0.5) is 0 Å². The van der Waals surface area contributed by atoms with Crippen LogP contribution in [-0.2, 0) is 19.1 Å². The van der Waals surface area contributed by atoms with E-state index < -0.39 is 29.6 Å². The number of carbonyl (C=O) groups is 3. The maximum atomic E-state index is 13.1. The molecular weight excluding hydrogens is 384 g/mol. The Morgan fingerprint density at radius 3 is 2.07 bits per heavy atom. The average molecular weight is 408 g/mol. The van der Waals surface area contributed by atoms with Crippen molar-refractivity contribution in [3.05, 3.63) is 23.1 Å². The van der Waals surface area contributed by atoms with Gasteiger partial charge in [0.15, 0.2) is 17.3 Å². The van der Waals surface area contributed by atoms with Crippen LogP contribution in [0.15, 0.2) is 18.2 Å². The minimum atomic E-state index is -1.27. The Hall–Kier alpha value is -2.61. The summed E-state index contributed by atoms with van der Waals surface area (Å²) in [5, 5.41) is 0.775. The van der Waals surface area contributed by atoms with Gasteiger partial charge in [0.25, 0.3) is 0 Å². The lowest BCUT2D eigenvalue weighted by Gasteiger charge is -2.19. The molecule has 152 valence electrons. The minimum absolute atomic E-state index is 0.110. The van der Waals surface area contributed by atoms with Gasteiger partial charge in [-0.15, -0.1) is 11.3 Å². The monoisotopic (exact) mass is 408 g/mol. The highest BCUT2D eigenvalue weighted by Gasteiger charge is 2.39. The van der Waals surface area contributed by atoms with Gasteiger partial charge in [-0.1, -0.05) is 6.92 Å². The predicted molar refractivity (Wildman–Crippen MR) is 105 cm³/mol. The number of Topliss-reactive ketones (excluding diaryl/α,β-unsaturated/α-hetero) is 1. The van der Waals surface area contributed by atoms with E-state index in [9.17, 15) is 14.4 Å². The summed E-state index contributed by atoms with van der Waals surface area (Å²) < 4.78 is 21.4. The first-order valence-electron chi connectivity index (χ1n) is 8.90. The molecule has 28 heavy (non-hydrogen) atoms. The zero-order valence-corrected chi connectivity index (χ0v) is 17.4. The molecule has 0 aliphatic heterocycles. The molecule has 1 aromatic heterocycles. The van der Waals surface area contributed by atoms with E-state index in [-0.39, 0.29) is 13.2 Å². The normalized spacial score (nSPS) is 12.9. The van der Waals surface area contributed by atoms with Crippen LogP contribution in [0.1, 0.15) is 30.4 Å². The molecule has 2 aromatic rings. The van der Waals surface area contributed by atoms with Gasteiger partial charge >= 0.3 is 11.9 Å². The number of hydrogen-bond donors (Lipinski definition) is 0.